The highest BCUT2D eigenvalue weighted by Gasteiger charge is 2.17. The molecule has 1 saturated carbocycles. The quantitative estimate of drug-likeness (QED) is 0.772. The van der Waals surface area contributed by atoms with Gasteiger partial charge in [-0.05, 0) is 30.7 Å². The molecule has 0 radical (unpaired) electrons. The summed E-state index contributed by atoms with van der Waals surface area (Å²) < 4.78 is 0. The van der Waals surface area contributed by atoms with Crippen LogP contribution in [0.25, 0.3) is 10.8 Å². The summed E-state index contributed by atoms with van der Waals surface area (Å²) in [7, 11) is 0. The fourth-order valence-electron chi connectivity index (χ4n) is 2.12. The van der Waals surface area contributed by atoms with E-state index in [1.165, 1.54) is 35.7 Å². The van der Waals surface area contributed by atoms with Gasteiger partial charge in [-0.2, -0.15) is 0 Å². The van der Waals surface area contributed by atoms with E-state index in [2.05, 4.69) is 47.8 Å². The van der Waals surface area contributed by atoms with Crippen LogP contribution in [0.15, 0.2) is 42.5 Å². The molecule has 76 valence electrons. The third-order valence-corrected chi connectivity index (χ3v) is 3.25. The third kappa shape index (κ3) is 1.58. The summed E-state index contributed by atoms with van der Waals surface area (Å²) in [4.78, 5) is 0. The van der Waals surface area contributed by atoms with Crippen molar-refractivity contribution in [2.75, 3.05) is 5.32 Å². The van der Waals surface area contributed by atoms with Gasteiger partial charge in [0.25, 0.3) is 0 Å². The van der Waals surface area contributed by atoms with Gasteiger partial charge >= 0.3 is 0 Å². The molecule has 0 bridgehead atoms. The lowest BCUT2D eigenvalue weighted by molar-refractivity contribution is 0.446. The van der Waals surface area contributed by atoms with Gasteiger partial charge < -0.3 is 5.32 Å². The van der Waals surface area contributed by atoms with E-state index >= 15 is 0 Å². The number of anilines is 1. The first-order valence-electron chi connectivity index (χ1n) is 5.68. The molecule has 1 N–H and O–H groups in total. The minimum atomic E-state index is 0.704. The molecule has 0 saturated heterocycles. The maximum atomic E-state index is 3.62. The Labute approximate surface area is 90.1 Å². The molecule has 3 rings (SSSR count). The summed E-state index contributed by atoms with van der Waals surface area (Å²) in [6.07, 6.45) is 4.02. The molecule has 0 amide bonds. The lowest BCUT2D eigenvalue weighted by atomic mass is 9.92. The lowest BCUT2D eigenvalue weighted by Gasteiger charge is -2.28. The first-order chi connectivity index (χ1) is 7.43. The second-order valence-electron chi connectivity index (χ2n) is 4.30. The van der Waals surface area contributed by atoms with Gasteiger partial charge in [-0.3, -0.25) is 0 Å². The number of hydrogen-bond donors (Lipinski definition) is 1. The first-order valence-corrected chi connectivity index (χ1v) is 5.68. The molecule has 1 nitrogen and oxygen atoms in total. The molecule has 1 heteroatoms. The molecule has 0 aliphatic heterocycles. The monoisotopic (exact) mass is 197 g/mol. The molecular formula is C14H15N. The molecule has 0 heterocycles. The maximum Gasteiger partial charge on any atom is 0.0422 e. The summed E-state index contributed by atoms with van der Waals surface area (Å²) >= 11 is 0. The SMILES string of the molecule is c1ccc2c(NC3CCC3)cccc2c1. The van der Waals surface area contributed by atoms with Crippen molar-refractivity contribution in [3.63, 3.8) is 0 Å². The zero-order valence-corrected chi connectivity index (χ0v) is 8.74. The fraction of sp³-hybridized carbons (Fsp3) is 0.286. The van der Waals surface area contributed by atoms with E-state index in [1.54, 1.807) is 0 Å². The maximum absolute atomic E-state index is 3.62. The predicted molar refractivity (Wildman–Crippen MR) is 65.2 cm³/mol. The van der Waals surface area contributed by atoms with Crippen molar-refractivity contribution in [2.45, 2.75) is 25.3 Å². The topological polar surface area (TPSA) is 12.0 Å². The molecule has 0 spiro atoms. The van der Waals surface area contributed by atoms with E-state index in [1.807, 2.05) is 0 Å². The first kappa shape index (κ1) is 8.78. The molecule has 1 fully saturated rings. The highest BCUT2D eigenvalue weighted by molar-refractivity contribution is 5.93. The summed E-state index contributed by atoms with van der Waals surface area (Å²) in [5.41, 5.74) is 1.29. The smallest absolute Gasteiger partial charge is 0.0422 e. The van der Waals surface area contributed by atoms with Crippen molar-refractivity contribution in [3.8, 4) is 0 Å². The number of benzene rings is 2. The van der Waals surface area contributed by atoms with Crippen LogP contribution in [-0.4, -0.2) is 6.04 Å². The van der Waals surface area contributed by atoms with Gasteiger partial charge in [0.1, 0.15) is 0 Å². The zero-order valence-electron chi connectivity index (χ0n) is 8.74. The van der Waals surface area contributed by atoms with Crippen LogP contribution in [-0.2, 0) is 0 Å². The van der Waals surface area contributed by atoms with E-state index in [9.17, 15) is 0 Å². The van der Waals surface area contributed by atoms with E-state index in [4.69, 9.17) is 0 Å². The van der Waals surface area contributed by atoms with Crippen LogP contribution in [0.2, 0.25) is 0 Å². The Morgan fingerprint density at radius 1 is 0.933 bits per heavy atom. The Kier molecular flexibility index (Phi) is 2.09. The summed E-state index contributed by atoms with van der Waals surface area (Å²) in [5.74, 6) is 0. The van der Waals surface area contributed by atoms with E-state index in [-0.39, 0.29) is 0 Å². The highest BCUT2D eigenvalue weighted by atomic mass is 14.9. The Morgan fingerprint density at radius 2 is 1.73 bits per heavy atom. The molecule has 1 aliphatic rings. The molecule has 15 heavy (non-hydrogen) atoms. The molecule has 0 atom stereocenters. The van der Waals surface area contributed by atoms with Crippen molar-refractivity contribution in [1.82, 2.24) is 0 Å². The van der Waals surface area contributed by atoms with E-state index in [0.29, 0.717) is 6.04 Å². The molecule has 0 unspecified atom stereocenters. The van der Waals surface area contributed by atoms with Crippen molar-refractivity contribution in [1.29, 1.82) is 0 Å². The van der Waals surface area contributed by atoms with Gasteiger partial charge in [0.2, 0.25) is 0 Å². The molecule has 0 aromatic heterocycles. The van der Waals surface area contributed by atoms with Crippen molar-refractivity contribution in [2.24, 2.45) is 0 Å². The molecular weight excluding hydrogens is 182 g/mol. The Morgan fingerprint density at radius 3 is 2.53 bits per heavy atom. The Bertz CT molecular complexity index is 466. The molecule has 2 aromatic rings. The van der Waals surface area contributed by atoms with E-state index < -0.39 is 0 Å². The van der Waals surface area contributed by atoms with Gasteiger partial charge in [0.15, 0.2) is 0 Å². The van der Waals surface area contributed by atoms with Crippen LogP contribution >= 0.6 is 0 Å². The van der Waals surface area contributed by atoms with E-state index in [0.717, 1.165) is 0 Å². The Hall–Kier alpha value is -1.50. The van der Waals surface area contributed by atoms with Crippen LogP contribution in [0.5, 0.6) is 0 Å². The van der Waals surface area contributed by atoms with Crippen LogP contribution in [0.4, 0.5) is 5.69 Å². The van der Waals surface area contributed by atoms with Crippen LogP contribution in [0.1, 0.15) is 19.3 Å². The lowest BCUT2D eigenvalue weighted by Crippen LogP contribution is -2.26. The zero-order chi connectivity index (χ0) is 10.1. The second-order valence-corrected chi connectivity index (χ2v) is 4.30. The highest BCUT2D eigenvalue weighted by Crippen LogP contribution is 2.28. The summed E-state index contributed by atoms with van der Waals surface area (Å²) in [6, 6.07) is 15.7. The minimum Gasteiger partial charge on any atom is -0.382 e. The van der Waals surface area contributed by atoms with Crippen LogP contribution in [0, 0.1) is 0 Å². The fourth-order valence-corrected chi connectivity index (χ4v) is 2.12. The van der Waals surface area contributed by atoms with Gasteiger partial charge in [-0.1, -0.05) is 36.4 Å². The average molecular weight is 197 g/mol. The third-order valence-electron chi connectivity index (χ3n) is 3.25. The van der Waals surface area contributed by atoms with Crippen molar-refractivity contribution < 1.29 is 0 Å². The number of rotatable bonds is 2. The number of hydrogen-bond acceptors (Lipinski definition) is 1. The van der Waals surface area contributed by atoms with Gasteiger partial charge in [-0.25, -0.2) is 0 Å². The average Bonchev–Trinajstić information content (AvgIpc) is 2.23. The van der Waals surface area contributed by atoms with Crippen LogP contribution < -0.4 is 5.32 Å². The van der Waals surface area contributed by atoms with Crippen LogP contribution in [0.3, 0.4) is 0 Å². The molecule has 2 aromatic carbocycles. The standard InChI is InChI=1S/C14H15N/c1-2-9-13-11(5-1)6-3-10-14(13)15-12-7-4-8-12/h1-3,5-6,9-10,12,15H,4,7-8H2. The molecule has 1 aliphatic carbocycles. The minimum absolute atomic E-state index is 0.704. The number of fused-ring (bicyclic) bond motifs is 1. The van der Waals surface area contributed by atoms with Crippen molar-refractivity contribution >= 4 is 16.5 Å². The normalized spacial score (nSPS) is 16.3. The van der Waals surface area contributed by atoms with Crippen molar-refractivity contribution in [3.05, 3.63) is 42.5 Å². The largest absolute Gasteiger partial charge is 0.382 e. The van der Waals surface area contributed by atoms with Gasteiger partial charge in [0.05, 0.1) is 0 Å². The second kappa shape index (κ2) is 3.58. The predicted octanol–water partition coefficient (Wildman–Crippen LogP) is 3.80. The Balaban J connectivity index is 2.01. The number of nitrogens with one attached hydrogen (secondary N) is 1. The summed E-state index contributed by atoms with van der Waals surface area (Å²) in [6.45, 7) is 0. The van der Waals surface area contributed by atoms with Gasteiger partial charge in [-0.15, -0.1) is 0 Å². The van der Waals surface area contributed by atoms with Gasteiger partial charge in [0, 0.05) is 17.1 Å². The summed E-state index contributed by atoms with van der Waals surface area (Å²) in [5, 5.41) is 6.28.